The molecule has 1 fully saturated rings. The van der Waals surface area contributed by atoms with Gasteiger partial charge in [0.2, 0.25) is 0 Å². The highest BCUT2D eigenvalue weighted by Gasteiger charge is 2.36. The first kappa shape index (κ1) is 15.5. The highest BCUT2D eigenvalue weighted by molar-refractivity contribution is 9.11. The molecular weight excluding hydrogens is 351 g/mol. The van der Waals surface area contributed by atoms with E-state index in [-0.39, 0.29) is 18.1 Å². The molecule has 110 valence electrons. The van der Waals surface area contributed by atoms with Crippen molar-refractivity contribution in [3.8, 4) is 0 Å². The second-order valence-corrected chi connectivity index (χ2v) is 5.17. The number of halogens is 2. The Balaban J connectivity index is 2.36. The minimum absolute atomic E-state index is 0.175. The largest absolute Gasteiger partial charge is 0.379 e. The van der Waals surface area contributed by atoms with Crippen LogP contribution in [0.5, 0.6) is 0 Å². The van der Waals surface area contributed by atoms with E-state index in [9.17, 15) is 9.59 Å². The predicted octanol–water partition coefficient (Wildman–Crippen LogP) is 1.44. The highest BCUT2D eigenvalue weighted by Crippen LogP contribution is 2.30. The molecule has 1 aliphatic heterocycles. The average molecular weight is 366 g/mol. The van der Waals surface area contributed by atoms with Crippen molar-refractivity contribution < 1.29 is 9.47 Å². The van der Waals surface area contributed by atoms with Crippen molar-refractivity contribution in [1.29, 1.82) is 0 Å². The van der Waals surface area contributed by atoms with Gasteiger partial charge < -0.3 is 9.47 Å². The van der Waals surface area contributed by atoms with Crippen LogP contribution in [0.2, 0.25) is 0 Å². The first-order valence-electron chi connectivity index (χ1n) is 5.97. The molecular formula is C12H14BrClN2O4. The van der Waals surface area contributed by atoms with Gasteiger partial charge in [0, 0.05) is 19.7 Å². The van der Waals surface area contributed by atoms with Crippen LogP contribution in [0.3, 0.4) is 0 Å². The molecule has 0 spiro atoms. The van der Waals surface area contributed by atoms with Crippen LogP contribution in [0.1, 0.15) is 18.2 Å². The Hall–Kier alpha value is -0.890. The lowest BCUT2D eigenvalue weighted by Gasteiger charge is -2.14. The summed E-state index contributed by atoms with van der Waals surface area (Å²) >= 11 is 8.91. The molecule has 6 nitrogen and oxygen atoms in total. The van der Waals surface area contributed by atoms with E-state index < -0.39 is 17.5 Å². The topological polar surface area (TPSA) is 73.3 Å². The van der Waals surface area contributed by atoms with Crippen LogP contribution >= 0.6 is 27.5 Å². The second-order valence-electron chi connectivity index (χ2n) is 4.34. The van der Waals surface area contributed by atoms with E-state index in [1.807, 2.05) is 0 Å². The molecule has 0 unspecified atom stereocenters. The minimum Gasteiger partial charge on any atom is -0.379 e. The van der Waals surface area contributed by atoms with Gasteiger partial charge in [0.1, 0.15) is 6.23 Å². The molecule has 0 radical (unpaired) electrons. The van der Waals surface area contributed by atoms with Crippen molar-refractivity contribution in [2.24, 2.45) is 0 Å². The summed E-state index contributed by atoms with van der Waals surface area (Å²) in [6, 6.07) is 0. The van der Waals surface area contributed by atoms with Gasteiger partial charge in [-0.05, 0) is 11.1 Å². The molecule has 2 heterocycles. The van der Waals surface area contributed by atoms with Crippen molar-refractivity contribution in [2.45, 2.75) is 24.9 Å². The molecule has 0 aromatic carbocycles. The van der Waals surface area contributed by atoms with Gasteiger partial charge in [0.25, 0.3) is 5.56 Å². The molecule has 0 aliphatic carbocycles. The Kier molecular flexibility index (Phi) is 5.20. The van der Waals surface area contributed by atoms with Crippen LogP contribution in [0, 0.1) is 0 Å². The molecule has 0 amide bonds. The SMILES string of the molecule is CO[C@H]1C[C@H](n2cc(C=CBr)c(=O)[nH]c2=O)O[C@@H]1CCl. The monoisotopic (exact) mass is 364 g/mol. The van der Waals surface area contributed by atoms with Gasteiger partial charge in [-0.3, -0.25) is 14.3 Å². The number of ether oxygens (including phenoxy) is 2. The number of nitrogens with zero attached hydrogens (tertiary/aromatic N) is 1. The van der Waals surface area contributed by atoms with Gasteiger partial charge in [-0.15, -0.1) is 11.6 Å². The van der Waals surface area contributed by atoms with E-state index >= 15 is 0 Å². The number of aromatic amines is 1. The maximum Gasteiger partial charge on any atom is 0.330 e. The summed E-state index contributed by atoms with van der Waals surface area (Å²) in [5.41, 5.74) is -0.609. The molecule has 1 aromatic rings. The van der Waals surface area contributed by atoms with Crippen LogP contribution in [0.15, 0.2) is 20.8 Å². The molecule has 20 heavy (non-hydrogen) atoms. The van der Waals surface area contributed by atoms with Gasteiger partial charge in [-0.25, -0.2) is 4.79 Å². The number of alkyl halides is 1. The number of aromatic nitrogens is 2. The molecule has 0 saturated carbocycles. The Labute approximate surface area is 128 Å². The second kappa shape index (κ2) is 6.71. The first-order valence-corrected chi connectivity index (χ1v) is 7.42. The van der Waals surface area contributed by atoms with E-state index in [1.165, 1.54) is 10.8 Å². The molecule has 8 heteroatoms. The number of H-pyrrole nitrogens is 1. The number of hydrogen-bond donors (Lipinski definition) is 1. The summed E-state index contributed by atoms with van der Waals surface area (Å²) < 4.78 is 12.3. The van der Waals surface area contributed by atoms with Gasteiger partial charge >= 0.3 is 5.69 Å². The van der Waals surface area contributed by atoms with Gasteiger partial charge in [0.15, 0.2) is 0 Å². The molecule has 0 bridgehead atoms. The Morgan fingerprint density at radius 1 is 1.65 bits per heavy atom. The van der Waals surface area contributed by atoms with Crippen LogP contribution in [0.25, 0.3) is 6.08 Å². The fourth-order valence-corrected chi connectivity index (χ4v) is 2.72. The zero-order valence-corrected chi connectivity index (χ0v) is 13.1. The number of rotatable bonds is 4. The molecule has 3 atom stereocenters. The normalized spacial score (nSPS) is 26.4. The van der Waals surface area contributed by atoms with E-state index in [4.69, 9.17) is 21.1 Å². The van der Waals surface area contributed by atoms with Crippen molar-refractivity contribution in [3.63, 3.8) is 0 Å². The lowest BCUT2D eigenvalue weighted by molar-refractivity contribution is -0.0167. The lowest BCUT2D eigenvalue weighted by Crippen LogP contribution is -2.33. The summed E-state index contributed by atoms with van der Waals surface area (Å²) in [5.74, 6) is 0.279. The zero-order chi connectivity index (χ0) is 14.7. The quantitative estimate of drug-likeness (QED) is 0.820. The molecule has 1 saturated heterocycles. The fraction of sp³-hybridized carbons (Fsp3) is 0.500. The van der Waals surface area contributed by atoms with Crippen LogP contribution in [-0.4, -0.2) is 34.7 Å². The van der Waals surface area contributed by atoms with Gasteiger partial charge in [-0.2, -0.15) is 0 Å². The number of methoxy groups -OCH3 is 1. The molecule has 1 aliphatic rings. The standard InChI is InChI=1S/C12H14BrClN2O4/c1-19-8-4-10(20-9(8)5-14)16-6-7(2-3-13)11(17)15-12(16)18/h2-3,6,8-10H,4-5H2,1H3,(H,15,17,18)/t8-,9+,10+/m0/s1. The summed E-state index contributed by atoms with van der Waals surface area (Å²) in [4.78, 5) is 27.3. The van der Waals surface area contributed by atoms with Crippen LogP contribution in [-0.2, 0) is 9.47 Å². The summed E-state index contributed by atoms with van der Waals surface area (Å²) in [7, 11) is 1.57. The van der Waals surface area contributed by atoms with Crippen molar-refractivity contribution in [3.05, 3.63) is 37.6 Å². The predicted molar refractivity (Wildman–Crippen MR) is 79.3 cm³/mol. The minimum atomic E-state index is -0.517. The summed E-state index contributed by atoms with van der Waals surface area (Å²) in [5, 5.41) is 0. The van der Waals surface area contributed by atoms with E-state index in [1.54, 1.807) is 18.2 Å². The van der Waals surface area contributed by atoms with Crippen LogP contribution < -0.4 is 11.2 Å². The number of hydrogen-bond acceptors (Lipinski definition) is 4. The van der Waals surface area contributed by atoms with Gasteiger partial charge in [0.05, 0.1) is 23.7 Å². The first-order chi connectivity index (χ1) is 9.60. The molecule has 1 N–H and O–H groups in total. The lowest BCUT2D eigenvalue weighted by atomic mass is 10.2. The third-order valence-electron chi connectivity index (χ3n) is 3.18. The Bertz CT molecular complexity index is 600. The smallest absolute Gasteiger partial charge is 0.330 e. The van der Waals surface area contributed by atoms with E-state index in [2.05, 4.69) is 20.9 Å². The number of nitrogens with one attached hydrogen (secondary N) is 1. The van der Waals surface area contributed by atoms with E-state index in [0.29, 0.717) is 12.0 Å². The van der Waals surface area contributed by atoms with Gasteiger partial charge in [-0.1, -0.05) is 15.9 Å². The van der Waals surface area contributed by atoms with E-state index in [0.717, 1.165) is 0 Å². The summed E-state index contributed by atoms with van der Waals surface area (Å²) in [6.45, 7) is 0. The Morgan fingerprint density at radius 2 is 2.40 bits per heavy atom. The summed E-state index contributed by atoms with van der Waals surface area (Å²) in [6.07, 6.45) is 2.56. The maximum atomic E-state index is 11.9. The molecule has 2 rings (SSSR count). The van der Waals surface area contributed by atoms with Crippen molar-refractivity contribution >= 4 is 33.6 Å². The highest BCUT2D eigenvalue weighted by atomic mass is 79.9. The fourth-order valence-electron chi connectivity index (χ4n) is 2.16. The van der Waals surface area contributed by atoms with Crippen molar-refractivity contribution in [2.75, 3.05) is 13.0 Å². The van der Waals surface area contributed by atoms with Crippen molar-refractivity contribution in [1.82, 2.24) is 9.55 Å². The molecule has 1 aromatic heterocycles. The zero-order valence-electron chi connectivity index (χ0n) is 10.7. The van der Waals surface area contributed by atoms with Crippen LogP contribution in [0.4, 0.5) is 0 Å². The maximum absolute atomic E-state index is 11.9. The average Bonchev–Trinajstić information content (AvgIpc) is 2.85. The Morgan fingerprint density at radius 3 is 2.95 bits per heavy atom. The third kappa shape index (κ3) is 3.06. The third-order valence-corrected chi connectivity index (χ3v) is 3.75.